The summed E-state index contributed by atoms with van der Waals surface area (Å²) in [5.41, 5.74) is 1.44. The van der Waals surface area contributed by atoms with Gasteiger partial charge in [0.1, 0.15) is 17.8 Å². The molecule has 6 nitrogen and oxygen atoms in total. The second-order valence-corrected chi connectivity index (χ2v) is 6.51. The van der Waals surface area contributed by atoms with Crippen LogP contribution in [0.3, 0.4) is 0 Å². The topological polar surface area (TPSA) is 61.6 Å². The number of hydrogen-bond donors (Lipinski definition) is 1. The molecule has 2 heterocycles. The highest BCUT2D eigenvalue weighted by Crippen LogP contribution is 2.19. The van der Waals surface area contributed by atoms with Crippen LogP contribution < -0.4 is 5.32 Å². The second-order valence-electron chi connectivity index (χ2n) is 6.51. The van der Waals surface area contributed by atoms with Crippen molar-refractivity contribution in [3.05, 3.63) is 53.7 Å². The van der Waals surface area contributed by atoms with E-state index in [4.69, 9.17) is 4.52 Å². The van der Waals surface area contributed by atoms with E-state index >= 15 is 0 Å². The van der Waals surface area contributed by atoms with Gasteiger partial charge >= 0.3 is 6.03 Å². The SMILES string of the molecule is CN(Cc1ccon1)C(=O)NC[C@@H]1CCN(Cc2ccccc2F)C1. The van der Waals surface area contributed by atoms with E-state index in [-0.39, 0.29) is 11.8 Å². The Labute approximate surface area is 146 Å². The third-order valence-electron chi connectivity index (χ3n) is 4.50. The minimum absolute atomic E-state index is 0.129. The second kappa shape index (κ2) is 8.11. The number of aromatic nitrogens is 1. The van der Waals surface area contributed by atoms with Crippen molar-refractivity contribution in [3.8, 4) is 0 Å². The molecule has 3 rings (SSSR count). The van der Waals surface area contributed by atoms with Crippen molar-refractivity contribution in [1.29, 1.82) is 0 Å². The molecular weight excluding hydrogens is 323 g/mol. The van der Waals surface area contributed by atoms with E-state index in [1.807, 2.05) is 12.1 Å². The Balaban J connectivity index is 1.41. The van der Waals surface area contributed by atoms with Gasteiger partial charge in [-0.3, -0.25) is 4.90 Å². The summed E-state index contributed by atoms with van der Waals surface area (Å²) in [6.07, 6.45) is 2.49. The molecule has 0 unspecified atom stereocenters. The van der Waals surface area contributed by atoms with Crippen LogP contribution in [-0.4, -0.2) is 47.7 Å². The monoisotopic (exact) mass is 346 g/mol. The number of nitrogens with one attached hydrogen (secondary N) is 1. The lowest BCUT2D eigenvalue weighted by Crippen LogP contribution is -2.39. The zero-order valence-electron chi connectivity index (χ0n) is 14.3. The van der Waals surface area contributed by atoms with Gasteiger partial charge in [-0.15, -0.1) is 0 Å². The summed E-state index contributed by atoms with van der Waals surface area (Å²) in [5.74, 6) is 0.227. The Kier molecular flexibility index (Phi) is 5.65. The van der Waals surface area contributed by atoms with Gasteiger partial charge in [0, 0.05) is 38.3 Å². The van der Waals surface area contributed by atoms with E-state index in [2.05, 4.69) is 15.4 Å². The number of nitrogens with zero attached hydrogens (tertiary/aromatic N) is 3. The Morgan fingerprint density at radius 2 is 2.28 bits per heavy atom. The van der Waals surface area contributed by atoms with Crippen LogP contribution in [0.15, 0.2) is 41.1 Å². The van der Waals surface area contributed by atoms with Crippen LogP contribution in [0.2, 0.25) is 0 Å². The number of carbonyl (C=O) groups is 1. The third-order valence-corrected chi connectivity index (χ3v) is 4.50. The zero-order chi connectivity index (χ0) is 17.6. The normalized spacial score (nSPS) is 17.6. The summed E-state index contributed by atoms with van der Waals surface area (Å²) >= 11 is 0. The molecule has 1 aliphatic heterocycles. The number of halogens is 1. The van der Waals surface area contributed by atoms with Crippen molar-refractivity contribution in [3.63, 3.8) is 0 Å². The molecule has 25 heavy (non-hydrogen) atoms. The average molecular weight is 346 g/mol. The first-order valence-corrected chi connectivity index (χ1v) is 8.46. The largest absolute Gasteiger partial charge is 0.364 e. The van der Waals surface area contributed by atoms with E-state index in [1.165, 1.54) is 12.3 Å². The van der Waals surface area contributed by atoms with Gasteiger partial charge in [0.15, 0.2) is 0 Å². The first kappa shape index (κ1) is 17.4. The maximum absolute atomic E-state index is 13.7. The number of amides is 2. The number of rotatable bonds is 6. The van der Waals surface area contributed by atoms with Gasteiger partial charge in [0.25, 0.3) is 0 Å². The van der Waals surface area contributed by atoms with Crippen molar-refractivity contribution in [1.82, 2.24) is 20.3 Å². The highest BCUT2D eigenvalue weighted by molar-refractivity contribution is 5.73. The molecule has 0 saturated carbocycles. The van der Waals surface area contributed by atoms with Gasteiger partial charge in [0.05, 0.1) is 6.54 Å². The van der Waals surface area contributed by atoms with E-state index in [1.54, 1.807) is 24.1 Å². The van der Waals surface area contributed by atoms with Gasteiger partial charge in [-0.1, -0.05) is 23.4 Å². The molecule has 134 valence electrons. The first-order valence-electron chi connectivity index (χ1n) is 8.46. The zero-order valence-corrected chi connectivity index (χ0v) is 14.3. The smallest absolute Gasteiger partial charge is 0.317 e. The highest BCUT2D eigenvalue weighted by Gasteiger charge is 2.24. The molecule has 0 aliphatic carbocycles. The molecule has 1 aliphatic rings. The van der Waals surface area contributed by atoms with Gasteiger partial charge in [0.2, 0.25) is 0 Å². The third kappa shape index (κ3) is 4.79. The lowest BCUT2D eigenvalue weighted by atomic mass is 10.1. The fourth-order valence-electron chi connectivity index (χ4n) is 3.09. The molecule has 0 radical (unpaired) electrons. The molecule has 0 spiro atoms. The van der Waals surface area contributed by atoms with Gasteiger partial charge in [-0.05, 0) is 24.9 Å². The number of benzene rings is 1. The number of likely N-dealkylation sites (tertiary alicyclic amines) is 1. The van der Waals surface area contributed by atoms with Gasteiger partial charge in [-0.25, -0.2) is 9.18 Å². The molecule has 1 aromatic heterocycles. The molecule has 0 bridgehead atoms. The lowest BCUT2D eigenvalue weighted by molar-refractivity contribution is 0.203. The van der Waals surface area contributed by atoms with E-state index in [9.17, 15) is 9.18 Å². The molecular formula is C18H23FN4O2. The first-order chi connectivity index (χ1) is 12.1. The Morgan fingerprint density at radius 3 is 3.04 bits per heavy atom. The van der Waals surface area contributed by atoms with Crippen molar-refractivity contribution >= 4 is 6.03 Å². The molecule has 1 N–H and O–H groups in total. The van der Waals surface area contributed by atoms with Crippen molar-refractivity contribution in [2.45, 2.75) is 19.5 Å². The standard InChI is InChI=1S/C18H23FN4O2/c1-22(13-16-7-9-25-21-16)18(24)20-10-14-6-8-23(11-14)12-15-4-2-3-5-17(15)19/h2-5,7,9,14H,6,8,10-13H2,1H3,(H,20,24)/t14-/m0/s1. The lowest BCUT2D eigenvalue weighted by Gasteiger charge is -2.19. The summed E-state index contributed by atoms with van der Waals surface area (Å²) < 4.78 is 18.5. The summed E-state index contributed by atoms with van der Waals surface area (Å²) in [5, 5.41) is 6.76. The molecule has 1 atom stereocenters. The minimum Gasteiger partial charge on any atom is -0.364 e. The quantitative estimate of drug-likeness (QED) is 0.873. The molecule has 1 fully saturated rings. The van der Waals surface area contributed by atoms with Crippen LogP contribution in [0.1, 0.15) is 17.7 Å². The maximum atomic E-state index is 13.7. The minimum atomic E-state index is -0.159. The van der Waals surface area contributed by atoms with Crippen LogP contribution in [0.25, 0.3) is 0 Å². The highest BCUT2D eigenvalue weighted by atomic mass is 19.1. The van der Waals surface area contributed by atoms with Crippen LogP contribution in [0.5, 0.6) is 0 Å². The Morgan fingerprint density at radius 1 is 1.44 bits per heavy atom. The fourth-order valence-corrected chi connectivity index (χ4v) is 3.09. The van der Waals surface area contributed by atoms with E-state index in [0.29, 0.717) is 25.6 Å². The fraction of sp³-hybridized carbons (Fsp3) is 0.444. The van der Waals surface area contributed by atoms with Gasteiger partial charge < -0.3 is 14.7 Å². The average Bonchev–Trinajstić information content (AvgIpc) is 3.26. The van der Waals surface area contributed by atoms with Crippen LogP contribution >= 0.6 is 0 Å². The Bertz CT molecular complexity index is 692. The van der Waals surface area contributed by atoms with Crippen LogP contribution in [0.4, 0.5) is 9.18 Å². The molecule has 1 aromatic carbocycles. The Hall–Kier alpha value is -2.41. The summed E-state index contributed by atoms with van der Waals surface area (Å²) in [6, 6.07) is 8.49. The summed E-state index contributed by atoms with van der Waals surface area (Å²) in [4.78, 5) is 15.9. The summed E-state index contributed by atoms with van der Waals surface area (Å²) in [6.45, 7) is 3.43. The summed E-state index contributed by atoms with van der Waals surface area (Å²) in [7, 11) is 1.73. The van der Waals surface area contributed by atoms with Gasteiger partial charge in [-0.2, -0.15) is 0 Å². The molecule has 7 heteroatoms. The molecule has 1 saturated heterocycles. The molecule has 2 aromatic rings. The number of carbonyl (C=O) groups excluding carboxylic acids is 1. The number of urea groups is 1. The maximum Gasteiger partial charge on any atom is 0.317 e. The van der Waals surface area contributed by atoms with Crippen LogP contribution in [-0.2, 0) is 13.1 Å². The van der Waals surface area contributed by atoms with E-state index < -0.39 is 0 Å². The van der Waals surface area contributed by atoms with Crippen molar-refractivity contribution in [2.75, 3.05) is 26.7 Å². The van der Waals surface area contributed by atoms with Crippen LogP contribution in [0, 0.1) is 11.7 Å². The molecule has 2 amide bonds. The number of hydrogen-bond acceptors (Lipinski definition) is 4. The van der Waals surface area contributed by atoms with Crippen molar-refractivity contribution < 1.29 is 13.7 Å². The predicted molar refractivity (Wildman–Crippen MR) is 91.2 cm³/mol. The van der Waals surface area contributed by atoms with Crippen molar-refractivity contribution in [2.24, 2.45) is 5.92 Å². The predicted octanol–water partition coefficient (Wildman–Crippen LogP) is 2.48. The van der Waals surface area contributed by atoms with E-state index in [0.717, 1.165) is 30.8 Å².